The number of hydrogen-bond acceptors (Lipinski definition) is 6. The van der Waals surface area contributed by atoms with Crippen LogP contribution in [0, 0.1) is 21.4 Å². The number of carbonyl (C=O) groups excluding carboxylic acids is 1. The number of alkyl halides is 4. The van der Waals surface area contributed by atoms with Crippen LogP contribution >= 0.6 is 0 Å². The monoisotopic (exact) mass is 428 g/mol. The van der Waals surface area contributed by atoms with Gasteiger partial charge in [0.05, 0.1) is 29.9 Å². The summed E-state index contributed by atoms with van der Waals surface area (Å²) < 4.78 is 65.3. The van der Waals surface area contributed by atoms with Crippen LogP contribution in [0.25, 0.3) is 10.8 Å². The van der Waals surface area contributed by atoms with E-state index in [1.807, 2.05) is 0 Å². The molecule has 2 atom stereocenters. The lowest BCUT2D eigenvalue weighted by atomic mass is 9.85. The molecule has 0 aliphatic heterocycles. The summed E-state index contributed by atoms with van der Waals surface area (Å²) in [4.78, 5) is 22.8. The molecule has 0 N–H and O–H groups in total. The first kappa shape index (κ1) is 23.0. The topological polar surface area (TPSA) is 102 Å². The molecule has 2 aromatic carbocycles. The highest BCUT2D eigenvalue weighted by Gasteiger charge is 2.49. The lowest BCUT2D eigenvalue weighted by molar-refractivity contribution is -0.383. The van der Waals surface area contributed by atoms with Crippen molar-refractivity contribution in [3.8, 4) is 11.8 Å². The van der Waals surface area contributed by atoms with E-state index in [-0.39, 0.29) is 22.1 Å². The molecule has 0 amide bonds. The number of methoxy groups -OCH3 is 2. The summed E-state index contributed by atoms with van der Waals surface area (Å²) in [6, 6.07) is 5.58. The molecule has 7 nitrogen and oxygen atoms in total. The van der Waals surface area contributed by atoms with E-state index in [0.717, 1.165) is 38.5 Å². The number of rotatable bonds is 8. The third-order valence-electron chi connectivity index (χ3n) is 4.52. The molecule has 0 aliphatic carbocycles. The molecule has 0 radical (unpaired) electrons. The maximum Gasteiger partial charge on any atom is 0.398 e. The highest BCUT2D eigenvalue weighted by Crippen LogP contribution is 2.45. The molecule has 30 heavy (non-hydrogen) atoms. The first-order valence-corrected chi connectivity index (χ1v) is 8.43. The van der Waals surface area contributed by atoms with E-state index < -0.39 is 53.3 Å². The summed E-state index contributed by atoms with van der Waals surface area (Å²) in [5.41, 5.74) is -1.38. The smallest absolute Gasteiger partial charge is 0.398 e. The first-order chi connectivity index (χ1) is 14.1. The van der Waals surface area contributed by atoms with Gasteiger partial charge in [-0.3, -0.25) is 14.9 Å². The van der Waals surface area contributed by atoms with Crippen molar-refractivity contribution in [3.63, 3.8) is 0 Å². The van der Waals surface area contributed by atoms with Crippen LogP contribution in [0.3, 0.4) is 0 Å². The van der Waals surface area contributed by atoms with E-state index in [0.29, 0.717) is 0 Å². The van der Waals surface area contributed by atoms with Gasteiger partial charge in [-0.25, -0.2) is 4.39 Å². The SMILES string of the molecule is COc1cc(C(C(OC)C(=O)CC#N)C(F)(F)F)c2cc(CF)cc([N+](=O)[O-])c2c1. The summed E-state index contributed by atoms with van der Waals surface area (Å²) >= 11 is 0. The van der Waals surface area contributed by atoms with Gasteiger partial charge in [0.2, 0.25) is 0 Å². The second-order valence-electron chi connectivity index (χ2n) is 6.29. The van der Waals surface area contributed by atoms with Crippen LogP contribution in [0.5, 0.6) is 5.75 Å². The maximum atomic E-state index is 14.1. The van der Waals surface area contributed by atoms with Crippen molar-refractivity contribution >= 4 is 22.2 Å². The number of fused-ring (bicyclic) bond motifs is 1. The highest BCUT2D eigenvalue weighted by atomic mass is 19.4. The number of nitrogens with zero attached hydrogens (tertiary/aromatic N) is 2. The van der Waals surface area contributed by atoms with Crippen molar-refractivity contribution in [2.75, 3.05) is 14.2 Å². The summed E-state index contributed by atoms with van der Waals surface area (Å²) in [5.74, 6) is -3.82. The predicted molar refractivity (Wildman–Crippen MR) is 96.8 cm³/mol. The van der Waals surface area contributed by atoms with E-state index in [2.05, 4.69) is 0 Å². The number of nitro groups is 1. The van der Waals surface area contributed by atoms with Crippen LogP contribution in [0.1, 0.15) is 23.5 Å². The molecular weight excluding hydrogens is 412 g/mol. The first-order valence-electron chi connectivity index (χ1n) is 8.43. The molecule has 0 fully saturated rings. The molecule has 0 saturated heterocycles. The Hall–Kier alpha value is -3.26. The number of Topliss-reactive ketones (excluding diaryl/α,β-unsaturated/α-hetero) is 1. The number of nitro benzene ring substituents is 1. The number of halogens is 4. The molecule has 0 spiro atoms. The molecule has 0 aromatic heterocycles. The number of nitriles is 1. The van der Waals surface area contributed by atoms with Gasteiger partial charge in [-0.05, 0) is 34.7 Å². The molecule has 11 heteroatoms. The molecule has 2 aromatic rings. The van der Waals surface area contributed by atoms with Crippen LogP contribution in [-0.2, 0) is 16.2 Å². The summed E-state index contributed by atoms with van der Waals surface area (Å²) in [7, 11) is 2.04. The van der Waals surface area contributed by atoms with E-state index in [1.54, 1.807) is 0 Å². The Kier molecular flexibility index (Phi) is 6.94. The minimum absolute atomic E-state index is 0.134. The van der Waals surface area contributed by atoms with Gasteiger partial charge in [0.1, 0.15) is 24.4 Å². The van der Waals surface area contributed by atoms with Gasteiger partial charge in [-0.15, -0.1) is 0 Å². The molecule has 0 aliphatic rings. The Balaban J connectivity index is 2.96. The summed E-state index contributed by atoms with van der Waals surface area (Å²) in [6.07, 6.45) is -7.96. The number of ketones is 1. The lowest BCUT2D eigenvalue weighted by Gasteiger charge is -2.28. The van der Waals surface area contributed by atoms with Crippen LogP contribution in [0.15, 0.2) is 24.3 Å². The van der Waals surface area contributed by atoms with E-state index >= 15 is 0 Å². The number of hydrogen-bond donors (Lipinski definition) is 0. The minimum atomic E-state index is -5.04. The molecule has 160 valence electrons. The van der Waals surface area contributed by atoms with Crippen LogP contribution in [0.2, 0.25) is 0 Å². The largest absolute Gasteiger partial charge is 0.497 e. The second kappa shape index (κ2) is 9.04. The van der Waals surface area contributed by atoms with Gasteiger partial charge in [0.15, 0.2) is 5.78 Å². The fraction of sp³-hybridized carbons (Fsp3) is 0.368. The molecule has 0 heterocycles. The van der Waals surface area contributed by atoms with E-state index in [4.69, 9.17) is 14.7 Å². The molecule has 0 bridgehead atoms. The number of benzene rings is 2. The third-order valence-corrected chi connectivity index (χ3v) is 4.52. The number of ether oxygens (including phenoxy) is 2. The quantitative estimate of drug-likeness (QED) is 0.351. The lowest BCUT2D eigenvalue weighted by Crippen LogP contribution is -2.38. The van der Waals surface area contributed by atoms with Gasteiger partial charge in [0.25, 0.3) is 5.69 Å². The molecule has 2 rings (SSSR count). The zero-order valence-corrected chi connectivity index (χ0v) is 15.8. The Morgan fingerprint density at radius 2 is 1.90 bits per heavy atom. The molecular formula is C19H16F4N2O5. The van der Waals surface area contributed by atoms with E-state index in [1.165, 1.54) is 6.07 Å². The second-order valence-corrected chi connectivity index (χ2v) is 6.29. The van der Waals surface area contributed by atoms with Crippen LogP contribution in [0.4, 0.5) is 23.2 Å². The standard InChI is InChI=1S/C19H16F4N2O5/c1-29-11-7-13-12(5-10(9-20)6-15(13)25(27)28)14(8-11)17(19(21,22)23)18(30-2)16(26)3-4-24/h5-8,17-18H,3,9H2,1-2H3. The predicted octanol–water partition coefficient (Wildman–Crippen LogP) is 4.37. The average Bonchev–Trinajstić information content (AvgIpc) is 2.69. The van der Waals surface area contributed by atoms with Crippen LogP contribution < -0.4 is 4.74 Å². The summed E-state index contributed by atoms with van der Waals surface area (Å²) in [5, 5.41) is 19.7. The van der Waals surface area contributed by atoms with Crippen LogP contribution in [-0.4, -0.2) is 37.2 Å². The van der Waals surface area contributed by atoms with Crippen molar-refractivity contribution < 1.29 is 36.8 Å². The molecule has 0 saturated carbocycles. The third kappa shape index (κ3) is 4.49. The van der Waals surface area contributed by atoms with Crippen molar-refractivity contribution in [2.24, 2.45) is 0 Å². The van der Waals surface area contributed by atoms with Gasteiger partial charge in [0, 0.05) is 13.2 Å². The Morgan fingerprint density at radius 1 is 1.23 bits per heavy atom. The van der Waals surface area contributed by atoms with E-state index in [9.17, 15) is 32.5 Å². The van der Waals surface area contributed by atoms with Crippen molar-refractivity contribution in [3.05, 3.63) is 45.5 Å². The summed E-state index contributed by atoms with van der Waals surface area (Å²) in [6.45, 7) is -1.15. The fourth-order valence-corrected chi connectivity index (χ4v) is 3.25. The Labute approximate surface area is 167 Å². The van der Waals surface area contributed by atoms with Crippen molar-refractivity contribution in [1.82, 2.24) is 0 Å². The normalized spacial score (nSPS) is 13.5. The Morgan fingerprint density at radius 3 is 2.37 bits per heavy atom. The van der Waals surface area contributed by atoms with Gasteiger partial charge >= 0.3 is 6.18 Å². The van der Waals surface area contributed by atoms with Crippen molar-refractivity contribution in [2.45, 2.75) is 31.3 Å². The Bertz CT molecular complexity index is 1020. The maximum absolute atomic E-state index is 14.1. The zero-order valence-electron chi connectivity index (χ0n) is 15.8. The van der Waals surface area contributed by atoms with Gasteiger partial charge < -0.3 is 9.47 Å². The van der Waals surface area contributed by atoms with Gasteiger partial charge in [-0.2, -0.15) is 18.4 Å². The number of non-ortho nitro benzene ring substituents is 1. The highest BCUT2D eigenvalue weighted by molar-refractivity contribution is 5.96. The fourth-order valence-electron chi connectivity index (χ4n) is 3.25. The average molecular weight is 428 g/mol. The zero-order chi connectivity index (χ0) is 22.6. The van der Waals surface area contributed by atoms with Gasteiger partial charge in [-0.1, -0.05) is 0 Å². The van der Waals surface area contributed by atoms with Crippen molar-refractivity contribution in [1.29, 1.82) is 5.26 Å². The molecule has 2 unspecified atom stereocenters. The number of carbonyl (C=O) groups is 1. The minimum Gasteiger partial charge on any atom is -0.497 e.